The Balaban J connectivity index is 1.72. The zero-order chi connectivity index (χ0) is 13.7. The molecule has 1 aromatic rings. The normalized spacial score (nSPS) is 24.4. The maximum atomic E-state index is 12.8. The van der Waals surface area contributed by atoms with Crippen molar-refractivity contribution in [3.8, 4) is 0 Å². The fourth-order valence-corrected chi connectivity index (χ4v) is 2.53. The molecule has 1 aliphatic rings. The molecule has 0 aromatic heterocycles. The fourth-order valence-electron chi connectivity index (χ4n) is 2.53. The molecule has 1 heterocycles. The Morgan fingerprint density at radius 1 is 1.37 bits per heavy atom. The molecule has 0 spiro atoms. The smallest absolute Gasteiger partial charge is 0.123 e. The van der Waals surface area contributed by atoms with Gasteiger partial charge in [-0.2, -0.15) is 0 Å². The molecule has 1 saturated heterocycles. The van der Waals surface area contributed by atoms with Crippen LogP contribution >= 0.6 is 0 Å². The van der Waals surface area contributed by atoms with E-state index in [-0.39, 0.29) is 5.82 Å². The van der Waals surface area contributed by atoms with E-state index in [0.717, 1.165) is 31.9 Å². The van der Waals surface area contributed by atoms with Crippen LogP contribution in [0.1, 0.15) is 13.3 Å². The Labute approximate surface area is 114 Å². The van der Waals surface area contributed by atoms with Crippen molar-refractivity contribution < 1.29 is 9.13 Å². The van der Waals surface area contributed by atoms with E-state index in [0.29, 0.717) is 12.0 Å². The molecule has 0 bridgehead atoms. The number of hydrogen-bond donors (Lipinski definition) is 1. The largest absolute Gasteiger partial charge is 0.384 e. The lowest BCUT2D eigenvalue weighted by Gasteiger charge is -2.36. The Morgan fingerprint density at radius 2 is 2.11 bits per heavy atom. The molecule has 0 saturated carbocycles. The van der Waals surface area contributed by atoms with Gasteiger partial charge in [0.2, 0.25) is 0 Å². The van der Waals surface area contributed by atoms with Gasteiger partial charge in [-0.25, -0.2) is 4.39 Å². The van der Waals surface area contributed by atoms with Gasteiger partial charge in [-0.05, 0) is 43.1 Å². The molecule has 106 valence electrons. The highest BCUT2D eigenvalue weighted by Gasteiger charge is 2.25. The molecule has 2 rings (SSSR count). The number of rotatable bonds is 5. The van der Waals surface area contributed by atoms with Crippen LogP contribution in [0.25, 0.3) is 0 Å². The summed E-state index contributed by atoms with van der Waals surface area (Å²) in [6.45, 7) is 6.25. The van der Waals surface area contributed by atoms with E-state index in [9.17, 15) is 4.39 Å². The molecule has 2 unspecified atom stereocenters. The molecule has 1 N–H and O–H groups in total. The number of nitrogens with one attached hydrogen (secondary N) is 1. The van der Waals surface area contributed by atoms with Crippen molar-refractivity contribution in [2.24, 2.45) is 5.92 Å². The van der Waals surface area contributed by atoms with Crippen molar-refractivity contribution >= 4 is 5.69 Å². The third-order valence-corrected chi connectivity index (χ3v) is 3.88. The first-order valence-corrected chi connectivity index (χ1v) is 6.93. The Bertz CT molecular complexity index is 382. The van der Waals surface area contributed by atoms with Crippen LogP contribution in [0.3, 0.4) is 0 Å². The lowest BCUT2D eigenvalue weighted by molar-refractivity contribution is -0.00357. The minimum atomic E-state index is -0.196. The van der Waals surface area contributed by atoms with Gasteiger partial charge in [0.1, 0.15) is 5.82 Å². The molecule has 1 aliphatic heterocycles. The van der Waals surface area contributed by atoms with Crippen LogP contribution in [-0.2, 0) is 4.74 Å². The molecule has 0 radical (unpaired) electrons. The second-order valence-electron chi connectivity index (χ2n) is 5.27. The van der Waals surface area contributed by atoms with E-state index in [2.05, 4.69) is 17.1 Å². The van der Waals surface area contributed by atoms with Crippen LogP contribution in [0.5, 0.6) is 0 Å². The highest BCUT2D eigenvalue weighted by atomic mass is 19.1. The first-order chi connectivity index (χ1) is 9.19. The molecule has 1 fully saturated rings. The number of hydrogen-bond acceptors (Lipinski definition) is 3. The Kier molecular flexibility index (Phi) is 5.16. The minimum Gasteiger partial charge on any atom is -0.384 e. The standard InChI is InChI=1S/C15H23FN2O/c1-12-7-9-18(11-15(12)19-2)10-8-17-14-5-3-13(16)4-6-14/h3-6,12,15,17H,7-11H2,1-2H3. The van der Waals surface area contributed by atoms with Crippen LogP contribution < -0.4 is 5.32 Å². The lowest BCUT2D eigenvalue weighted by atomic mass is 9.96. The monoisotopic (exact) mass is 266 g/mol. The summed E-state index contributed by atoms with van der Waals surface area (Å²) in [6, 6.07) is 6.49. The van der Waals surface area contributed by atoms with Crippen LogP contribution in [0.15, 0.2) is 24.3 Å². The van der Waals surface area contributed by atoms with Crippen molar-refractivity contribution in [3.63, 3.8) is 0 Å². The first-order valence-electron chi connectivity index (χ1n) is 6.93. The molecule has 1 aromatic carbocycles. The number of nitrogens with zero attached hydrogens (tertiary/aromatic N) is 1. The van der Waals surface area contributed by atoms with Crippen molar-refractivity contribution in [1.29, 1.82) is 0 Å². The van der Waals surface area contributed by atoms with Crippen LogP contribution in [0.4, 0.5) is 10.1 Å². The third kappa shape index (κ3) is 4.18. The zero-order valence-electron chi connectivity index (χ0n) is 11.7. The number of benzene rings is 1. The van der Waals surface area contributed by atoms with E-state index >= 15 is 0 Å². The summed E-state index contributed by atoms with van der Waals surface area (Å²) in [6.07, 6.45) is 1.54. The van der Waals surface area contributed by atoms with Gasteiger partial charge < -0.3 is 10.1 Å². The number of anilines is 1. The van der Waals surface area contributed by atoms with Gasteiger partial charge in [0, 0.05) is 32.4 Å². The van der Waals surface area contributed by atoms with Gasteiger partial charge in [0.05, 0.1) is 6.10 Å². The number of methoxy groups -OCH3 is 1. The maximum absolute atomic E-state index is 12.8. The average molecular weight is 266 g/mol. The van der Waals surface area contributed by atoms with Gasteiger partial charge in [-0.3, -0.25) is 4.90 Å². The molecule has 3 nitrogen and oxygen atoms in total. The molecular formula is C15H23FN2O. The van der Waals surface area contributed by atoms with E-state index in [4.69, 9.17) is 4.74 Å². The molecule has 0 amide bonds. The van der Waals surface area contributed by atoms with Gasteiger partial charge in [0.15, 0.2) is 0 Å². The van der Waals surface area contributed by atoms with Crippen molar-refractivity contribution in [2.75, 3.05) is 38.6 Å². The lowest BCUT2D eigenvalue weighted by Crippen LogP contribution is -2.45. The molecule has 4 heteroatoms. The topological polar surface area (TPSA) is 24.5 Å². The Hall–Kier alpha value is -1.13. The van der Waals surface area contributed by atoms with Gasteiger partial charge >= 0.3 is 0 Å². The average Bonchev–Trinajstić information content (AvgIpc) is 2.43. The van der Waals surface area contributed by atoms with Crippen LogP contribution in [0, 0.1) is 11.7 Å². The summed E-state index contributed by atoms with van der Waals surface area (Å²) in [4.78, 5) is 2.42. The quantitative estimate of drug-likeness (QED) is 0.886. The number of likely N-dealkylation sites (tertiary alicyclic amines) is 1. The van der Waals surface area contributed by atoms with Crippen LogP contribution in [-0.4, -0.2) is 44.3 Å². The molecule has 2 atom stereocenters. The molecule has 19 heavy (non-hydrogen) atoms. The van der Waals surface area contributed by atoms with E-state index in [1.54, 1.807) is 19.2 Å². The molecular weight excluding hydrogens is 243 g/mol. The van der Waals surface area contributed by atoms with Crippen LogP contribution in [0.2, 0.25) is 0 Å². The van der Waals surface area contributed by atoms with Gasteiger partial charge in [0.25, 0.3) is 0 Å². The molecule has 0 aliphatic carbocycles. The number of ether oxygens (including phenoxy) is 1. The zero-order valence-corrected chi connectivity index (χ0v) is 11.7. The SMILES string of the molecule is COC1CN(CCNc2ccc(F)cc2)CCC1C. The van der Waals surface area contributed by atoms with Gasteiger partial charge in [-0.1, -0.05) is 6.92 Å². The second-order valence-corrected chi connectivity index (χ2v) is 5.27. The van der Waals surface area contributed by atoms with E-state index < -0.39 is 0 Å². The third-order valence-electron chi connectivity index (χ3n) is 3.88. The summed E-state index contributed by atoms with van der Waals surface area (Å²) in [7, 11) is 1.79. The number of piperidine rings is 1. The summed E-state index contributed by atoms with van der Waals surface area (Å²) in [5.74, 6) is 0.449. The predicted molar refractivity (Wildman–Crippen MR) is 75.9 cm³/mol. The highest BCUT2D eigenvalue weighted by molar-refractivity contribution is 5.42. The summed E-state index contributed by atoms with van der Waals surface area (Å²) >= 11 is 0. The van der Waals surface area contributed by atoms with Crippen molar-refractivity contribution in [3.05, 3.63) is 30.1 Å². The summed E-state index contributed by atoms with van der Waals surface area (Å²) in [5, 5.41) is 3.31. The maximum Gasteiger partial charge on any atom is 0.123 e. The fraction of sp³-hybridized carbons (Fsp3) is 0.600. The number of halogens is 1. The predicted octanol–water partition coefficient (Wildman–Crippen LogP) is 2.59. The highest BCUT2D eigenvalue weighted by Crippen LogP contribution is 2.19. The second kappa shape index (κ2) is 6.87. The first kappa shape index (κ1) is 14.3. The van der Waals surface area contributed by atoms with E-state index in [1.165, 1.54) is 18.6 Å². The Morgan fingerprint density at radius 3 is 2.79 bits per heavy atom. The van der Waals surface area contributed by atoms with Crippen molar-refractivity contribution in [1.82, 2.24) is 4.90 Å². The van der Waals surface area contributed by atoms with Crippen molar-refractivity contribution in [2.45, 2.75) is 19.4 Å². The minimum absolute atomic E-state index is 0.196. The van der Waals surface area contributed by atoms with Gasteiger partial charge in [-0.15, -0.1) is 0 Å². The summed E-state index contributed by atoms with van der Waals surface area (Å²) in [5.41, 5.74) is 0.968. The summed E-state index contributed by atoms with van der Waals surface area (Å²) < 4.78 is 18.3. The van der Waals surface area contributed by atoms with E-state index in [1.807, 2.05) is 0 Å².